The number of nitrogens with zero attached hydrogens (tertiary/aromatic N) is 14. The minimum atomic E-state index is -2.77. The van der Waals surface area contributed by atoms with E-state index in [1.807, 2.05) is 45.9 Å². The third-order valence-corrected chi connectivity index (χ3v) is 14.5. The predicted octanol–water partition coefficient (Wildman–Crippen LogP) is 10.0. The van der Waals surface area contributed by atoms with Crippen LogP contribution in [0.15, 0.2) is 86.0 Å². The van der Waals surface area contributed by atoms with Gasteiger partial charge in [-0.05, 0) is 92.7 Å². The minimum Gasteiger partial charge on any atom is -0.373 e. The highest BCUT2D eigenvalue weighted by Crippen LogP contribution is 2.58. The fraction of sp³-hybridized carbons (Fsp3) is 0.407. The Hall–Kier alpha value is -8.40. The predicted molar refractivity (Wildman–Crippen MR) is 278 cm³/mol. The molecule has 0 aliphatic heterocycles. The molecule has 76 heavy (non-hydrogen) atoms. The van der Waals surface area contributed by atoms with E-state index in [9.17, 15) is 19.3 Å². The molecular weight excluding hydrogens is 977 g/mol. The monoisotopic (exact) mass is 1030 g/mol. The lowest BCUT2D eigenvalue weighted by Crippen LogP contribution is -2.32. The molecule has 390 valence electrons. The number of anilines is 4. The van der Waals surface area contributed by atoms with Crippen LogP contribution >= 0.6 is 0 Å². The lowest BCUT2D eigenvalue weighted by Gasteiger charge is -2.27. The number of aryl methyl sites for hydroxylation is 2. The summed E-state index contributed by atoms with van der Waals surface area (Å²) in [5.41, 5.74) is 2.46. The molecule has 8 aromatic rings. The molecule has 0 bridgehead atoms. The largest absolute Gasteiger partial charge is 0.373 e. The maximum absolute atomic E-state index is 15.6. The number of rotatable bonds is 19. The molecule has 2 aliphatic carbocycles. The molecule has 0 radical (unpaired) electrons. The number of aromatic nitrogens is 12. The van der Waals surface area contributed by atoms with Gasteiger partial charge in [0, 0.05) is 70.1 Å². The SMILES string of the molecule is Cc1ncccc1[C@H](Nc1cc(C#N)c2ncnc(NCC(C)(C)CC3CC3(C(F)F)n3cc([C@H](Nc4cc(C#N)c5ncnc(NCC(C)(C)C)c5c4)c4cccnc4C)nn3)c2c1)c1cn(C2(C(F)F)CC2)nn1. The Morgan fingerprint density at radius 3 is 1.63 bits per heavy atom. The Labute approximate surface area is 435 Å². The van der Waals surface area contributed by atoms with Crippen molar-refractivity contribution in [2.24, 2.45) is 16.7 Å². The van der Waals surface area contributed by atoms with Crippen molar-refractivity contribution < 1.29 is 17.6 Å². The van der Waals surface area contributed by atoms with Gasteiger partial charge in [0.2, 0.25) is 0 Å². The van der Waals surface area contributed by atoms with Crippen molar-refractivity contribution in [1.29, 1.82) is 10.5 Å². The van der Waals surface area contributed by atoms with Crippen LogP contribution in [-0.2, 0) is 11.1 Å². The molecule has 2 aliphatic rings. The van der Waals surface area contributed by atoms with Gasteiger partial charge in [-0.1, -0.05) is 57.2 Å². The van der Waals surface area contributed by atoms with E-state index in [2.05, 4.69) is 105 Å². The number of hydrogen-bond acceptors (Lipinski definition) is 16. The van der Waals surface area contributed by atoms with Crippen molar-refractivity contribution in [2.45, 2.75) is 110 Å². The molecule has 0 saturated heterocycles. The Morgan fingerprint density at radius 2 is 1.17 bits per heavy atom. The highest BCUT2D eigenvalue weighted by Gasteiger charge is 2.64. The van der Waals surface area contributed by atoms with Gasteiger partial charge < -0.3 is 21.3 Å². The number of fused-ring (bicyclic) bond motifs is 2. The van der Waals surface area contributed by atoms with E-state index in [4.69, 9.17) is 0 Å². The molecular formula is C54H56F4N18. The Balaban J connectivity index is 0.896. The summed E-state index contributed by atoms with van der Waals surface area (Å²) in [5, 5.41) is 53.0. The van der Waals surface area contributed by atoms with E-state index in [0.717, 1.165) is 11.1 Å². The standard InChI is InChI=1S/C54H56F4N18/c1-30-37(10-8-14-61-30)45(41-24-75(73-71-41)53(12-13-53)49(55)56)69-36-17-33(23-60)44-40(19-36)48(68-29-66-44)64-27-52(6,7)20-34-21-54(34,50(57)58)76-25-42(72-74-76)46(38-11-9-15-62-31(38)2)70-35-16-32(22-59)43-39(18-35)47(67-28-65-43)63-26-51(3,4)5/h8-11,14-19,24-25,28-29,34,45-46,49-50,69-70H,12-13,20-21,26-27H2,1-7H3,(H,63,65,67)(H,64,66,68)/t34?,45-,46+,54?/m0/s1. The average molecular weight is 1030 g/mol. The van der Waals surface area contributed by atoms with Crippen LogP contribution in [0.3, 0.4) is 0 Å². The smallest absolute Gasteiger partial charge is 0.263 e. The highest BCUT2D eigenvalue weighted by atomic mass is 19.3. The summed E-state index contributed by atoms with van der Waals surface area (Å²) < 4.78 is 62.1. The zero-order chi connectivity index (χ0) is 53.7. The zero-order valence-electron chi connectivity index (χ0n) is 43.0. The average Bonchev–Trinajstić information content (AvgIpc) is 4.23. The van der Waals surface area contributed by atoms with Crippen LogP contribution in [0, 0.1) is 53.3 Å². The first-order valence-corrected chi connectivity index (χ1v) is 25.0. The Morgan fingerprint density at radius 1 is 0.671 bits per heavy atom. The van der Waals surface area contributed by atoms with Gasteiger partial charge in [0.05, 0.1) is 46.6 Å². The van der Waals surface area contributed by atoms with Gasteiger partial charge >= 0.3 is 0 Å². The second-order valence-corrected chi connectivity index (χ2v) is 21.9. The molecule has 10 rings (SSSR count). The van der Waals surface area contributed by atoms with Gasteiger partial charge in [0.1, 0.15) is 58.9 Å². The van der Waals surface area contributed by atoms with E-state index in [-0.39, 0.29) is 30.2 Å². The number of pyridine rings is 2. The van der Waals surface area contributed by atoms with Crippen LogP contribution in [0.25, 0.3) is 21.8 Å². The Bertz CT molecular complexity index is 3550. The number of halogens is 4. The van der Waals surface area contributed by atoms with Gasteiger partial charge in [-0.3, -0.25) is 9.97 Å². The molecule has 18 nitrogen and oxygen atoms in total. The lowest BCUT2D eigenvalue weighted by atomic mass is 9.85. The molecule has 2 unspecified atom stereocenters. The summed E-state index contributed by atoms with van der Waals surface area (Å²) in [6.45, 7) is 14.9. The van der Waals surface area contributed by atoms with Crippen LogP contribution in [0.1, 0.15) is 117 Å². The molecule has 6 aromatic heterocycles. The van der Waals surface area contributed by atoms with Crippen molar-refractivity contribution in [2.75, 3.05) is 34.4 Å². The molecule has 6 heterocycles. The first-order chi connectivity index (χ1) is 36.3. The topological polar surface area (TPSA) is 234 Å². The number of benzene rings is 2. The van der Waals surface area contributed by atoms with Crippen molar-refractivity contribution in [3.8, 4) is 12.1 Å². The minimum absolute atomic E-state index is 0.0613. The summed E-state index contributed by atoms with van der Waals surface area (Å²) in [7, 11) is 0. The van der Waals surface area contributed by atoms with E-state index in [1.54, 1.807) is 48.9 Å². The second-order valence-electron chi connectivity index (χ2n) is 21.9. The van der Waals surface area contributed by atoms with Gasteiger partial charge in [-0.15, -0.1) is 10.2 Å². The van der Waals surface area contributed by atoms with Crippen LogP contribution < -0.4 is 21.3 Å². The molecule has 2 fully saturated rings. The summed E-state index contributed by atoms with van der Waals surface area (Å²) in [4.78, 5) is 26.9. The van der Waals surface area contributed by atoms with Crippen molar-refractivity contribution >= 4 is 44.8 Å². The fourth-order valence-electron chi connectivity index (χ4n) is 10.1. The number of hydrogen-bond donors (Lipinski definition) is 4. The third-order valence-electron chi connectivity index (χ3n) is 14.5. The van der Waals surface area contributed by atoms with Crippen LogP contribution in [-0.4, -0.2) is 85.8 Å². The number of nitrogens with one attached hydrogen (secondary N) is 4. The van der Waals surface area contributed by atoms with Crippen molar-refractivity contribution in [3.05, 3.63) is 131 Å². The first kappa shape index (κ1) is 51.1. The van der Waals surface area contributed by atoms with Gasteiger partial charge in [0.25, 0.3) is 12.9 Å². The van der Waals surface area contributed by atoms with Gasteiger partial charge in [-0.25, -0.2) is 46.9 Å². The quantitative estimate of drug-likeness (QED) is 0.0552. The van der Waals surface area contributed by atoms with Crippen molar-refractivity contribution in [1.82, 2.24) is 59.9 Å². The van der Waals surface area contributed by atoms with E-state index < -0.39 is 47.3 Å². The maximum Gasteiger partial charge on any atom is 0.263 e. The fourth-order valence-corrected chi connectivity index (χ4v) is 10.1. The van der Waals surface area contributed by atoms with Crippen LogP contribution in [0.5, 0.6) is 0 Å². The Kier molecular flexibility index (Phi) is 13.2. The molecule has 4 N–H and O–H groups in total. The zero-order valence-corrected chi connectivity index (χ0v) is 43.0. The van der Waals surface area contributed by atoms with Crippen LogP contribution in [0.4, 0.5) is 40.6 Å². The van der Waals surface area contributed by atoms with Gasteiger partial charge in [0.15, 0.2) is 0 Å². The molecule has 4 atom stereocenters. The van der Waals surface area contributed by atoms with Crippen molar-refractivity contribution in [3.63, 3.8) is 0 Å². The number of alkyl halides is 4. The third kappa shape index (κ3) is 9.86. The second kappa shape index (κ2) is 19.7. The summed E-state index contributed by atoms with van der Waals surface area (Å²) in [5.74, 6) is 0.513. The molecule has 0 amide bonds. The van der Waals surface area contributed by atoms with E-state index >= 15 is 8.78 Å². The number of nitriles is 2. The molecule has 22 heteroatoms. The summed E-state index contributed by atoms with van der Waals surface area (Å²) in [6, 6.07) is 17.5. The molecule has 0 spiro atoms. The summed E-state index contributed by atoms with van der Waals surface area (Å²) in [6.07, 6.45) is 4.97. The molecule has 2 saturated carbocycles. The molecule has 2 aromatic carbocycles. The summed E-state index contributed by atoms with van der Waals surface area (Å²) >= 11 is 0. The van der Waals surface area contributed by atoms with Gasteiger partial charge in [-0.2, -0.15) is 10.5 Å². The van der Waals surface area contributed by atoms with E-state index in [0.29, 0.717) is 92.7 Å². The van der Waals surface area contributed by atoms with E-state index in [1.165, 1.54) is 28.2 Å². The van der Waals surface area contributed by atoms with Crippen LogP contribution in [0.2, 0.25) is 0 Å². The maximum atomic E-state index is 15.6. The lowest BCUT2D eigenvalue weighted by molar-refractivity contribution is 0.0451. The normalized spacial score (nSPS) is 17.8. The first-order valence-electron chi connectivity index (χ1n) is 25.0. The highest BCUT2D eigenvalue weighted by molar-refractivity contribution is 5.96.